The first-order valence-electron chi connectivity index (χ1n) is 8.18. The van der Waals surface area contributed by atoms with Crippen LogP contribution >= 0.6 is 0 Å². The zero-order valence-corrected chi connectivity index (χ0v) is 13.3. The van der Waals surface area contributed by atoms with Crippen LogP contribution in [-0.4, -0.2) is 56.2 Å². The molecule has 24 heavy (non-hydrogen) atoms. The molecule has 2 aliphatic rings. The highest BCUT2D eigenvalue weighted by molar-refractivity contribution is 6.05. The summed E-state index contributed by atoms with van der Waals surface area (Å²) in [4.78, 5) is 28.9. The average Bonchev–Trinajstić information content (AvgIpc) is 3.30. The normalized spacial score (nSPS) is 23.9. The van der Waals surface area contributed by atoms with E-state index in [4.69, 9.17) is 0 Å². The van der Waals surface area contributed by atoms with Crippen molar-refractivity contribution in [2.75, 3.05) is 19.6 Å². The van der Waals surface area contributed by atoms with Gasteiger partial charge in [0.1, 0.15) is 0 Å². The lowest BCUT2D eigenvalue weighted by Gasteiger charge is -2.20. The third-order valence-corrected chi connectivity index (χ3v) is 4.86. The molecule has 7 nitrogen and oxygen atoms in total. The second kappa shape index (κ2) is 6.16. The van der Waals surface area contributed by atoms with Crippen LogP contribution in [-0.2, 0) is 22.7 Å². The molecule has 0 spiro atoms. The quantitative estimate of drug-likeness (QED) is 0.744. The van der Waals surface area contributed by atoms with Crippen LogP contribution < -0.4 is 0 Å². The van der Waals surface area contributed by atoms with Crippen LogP contribution in [0.25, 0.3) is 0 Å². The van der Waals surface area contributed by atoms with Gasteiger partial charge < -0.3 is 0 Å². The molecular formula is C17H19N5O2. The molecular weight excluding hydrogens is 306 g/mol. The Bertz CT molecular complexity index is 707. The highest BCUT2D eigenvalue weighted by Crippen LogP contribution is 2.34. The van der Waals surface area contributed by atoms with Gasteiger partial charge in [-0.25, -0.2) is 0 Å². The molecule has 2 aliphatic heterocycles. The molecule has 0 aliphatic carbocycles. The molecule has 3 heterocycles. The summed E-state index contributed by atoms with van der Waals surface area (Å²) in [5, 5.41) is 7.71. The van der Waals surface area contributed by atoms with Gasteiger partial charge in [-0.05, 0) is 5.56 Å². The van der Waals surface area contributed by atoms with E-state index in [9.17, 15) is 9.59 Å². The summed E-state index contributed by atoms with van der Waals surface area (Å²) in [6.07, 6.45) is 3.46. The van der Waals surface area contributed by atoms with Gasteiger partial charge in [0.25, 0.3) is 0 Å². The van der Waals surface area contributed by atoms with Crippen LogP contribution in [0.5, 0.6) is 0 Å². The van der Waals surface area contributed by atoms with E-state index in [-0.39, 0.29) is 23.7 Å². The fourth-order valence-electron chi connectivity index (χ4n) is 3.59. The third kappa shape index (κ3) is 2.71. The predicted molar refractivity (Wildman–Crippen MR) is 85.4 cm³/mol. The van der Waals surface area contributed by atoms with Gasteiger partial charge in [0.2, 0.25) is 11.8 Å². The molecule has 2 amide bonds. The first kappa shape index (κ1) is 15.0. The van der Waals surface area contributed by atoms with Crippen LogP contribution in [0.4, 0.5) is 0 Å². The van der Waals surface area contributed by atoms with Gasteiger partial charge in [0, 0.05) is 25.8 Å². The Kier molecular flexibility index (Phi) is 3.86. The molecule has 0 saturated carbocycles. The maximum Gasteiger partial charge on any atom is 0.234 e. The van der Waals surface area contributed by atoms with Crippen LogP contribution in [0.1, 0.15) is 5.56 Å². The molecule has 2 fully saturated rings. The molecule has 2 atom stereocenters. The van der Waals surface area contributed by atoms with Crippen LogP contribution in [0, 0.1) is 11.8 Å². The number of imide groups is 1. The fourth-order valence-corrected chi connectivity index (χ4v) is 3.59. The molecule has 1 aromatic carbocycles. The van der Waals surface area contributed by atoms with Gasteiger partial charge in [-0.3, -0.25) is 24.1 Å². The summed E-state index contributed by atoms with van der Waals surface area (Å²) >= 11 is 0. The summed E-state index contributed by atoms with van der Waals surface area (Å²) in [7, 11) is 0. The SMILES string of the molecule is O=C1C2CN(CCn3ccnn3)CC2C(=O)N1Cc1ccccc1. The second-order valence-electron chi connectivity index (χ2n) is 6.39. The van der Waals surface area contributed by atoms with Crippen molar-refractivity contribution < 1.29 is 9.59 Å². The highest BCUT2D eigenvalue weighted by Gasteiger charge is 2.51. The van der Waals surface area contributed by atoms with E-state index in [1.165, 1.54) is 4.90 Å². The van der Waals surface area contributed by atoms with Crippen molar-refractivity contribution in [1.82, 2.24) is 24.8 Å². The van der Waals surface area contributed by atoms with E-state index in [1.54, 1.807) is 10.9 Å². The number of benzene rings is 1. The van der Waals surface area contributed by atoms with Crippen molar-refractivity contribution >= 4 is 11.8 Å². The van der Waals surface area contributed by atoms with Gasteiger partial charge in [-0.1, -0.05) is 35.5 Å². The number of rotatable bonds is 5. The summed E-state index contributed by atoms with van der Waals surface area (Å²) in [5.41, 5.74) is 0.988. The maximum atomic E-state index is 12.6. The lowest BCUT2D eigenvalue weighted by atomic mass is 10.00. The summed E-state index contributed by atoms with van der Waals surface area (Å²) in [6.45, 7) is 3.17. The van der Waals surface area contributed by atoms with Crippen molar-refractivity contribution in [3.8, 4) is 0 Å². The molecule has 0 radical (unpaired) electrons. The Balaban J connectivity index is 1.38. The number of hydrogen-bond donors (Lipinski definition) is 0. The first-order valence-corrected chi connectivity index (χ1v) is 8.18. The van der Waals surface area contributed by atoms with Crippen molar-refractivity contribution in [2.45, 2.75) is 13.1 Å². The van der Waals surface area contributed by atoms with E-state index in [2.05, 4.69) is 15.2 Å². The van der Waals surface area contributed by atoms with Crippen molar-refractivity contribution in [3.63, 3.8) is 0 Å². The van der Waals surface area contributed by atoms with Crippen molar-refractivity contribution in [1.29, 1.82) is 0 Å². The molecule has 4 rings (SSSR count). The number of carbonyl (C=O) groups is 2. The second-order valence-corrected chi connectivity index (χ2v) is 6.39. The van der Waals surface area contributed by atoms with Crippen LogP contribution in [0.2, 0.25) is 0 Å². The molecule has 2 aromatic rings. The Morgan fingerprint density at radius 3 is 2.33 bits per heavy atom. The average molecular weight is 325 g/mol. The number of likely N-dealkylation sites (tertiary alicyclic amines) is 2. The number of fused-ring (bicyclic) bond motifs is 1. The summed E-state index contributed by atoms with van der Waals surface area (Å²) in [5.74, 6) is -0.455. The minimum absolute atomic E-state index is 0.0305. The molecule has 0 N–H and O–H groups in total. The number of carbonyl (C=O) groups excluding carboxylic acids is 2. The summed E-state index contributed by atoms with van der Waals surface area (Å²) < 4.78 is 1.76. The van der Waals surface area contributed by atoms with Gasteiger partial charge in [-0.2, -0.15) is 0 Å². The molecule has 2 unspecified atom stereocenters. The lowest BCUT2D eigenvalue weighted by molar-refractivity contribution is -0.141. The number of aromatic nitrogens is 3. The van der Waals surface area contributed by atoms with Gasteiger partial charge >= 0.3 is 0 Å². The Morgan fingerprint density at radius 1 is 1.00 bits per heavy atom. The molecule has 1 aromatic heterocycles. The van der Waals surface area contributed by atoms with Gasteiger partial charge in [0.15, 0.2) is 0 Å². The molecule has 0 bridgehead atoms. The smallest absolute Gasteiger partial charge is 0.234 e. The Labute approximate surface area is 139 Å². The van der Waals surface area contributed by atoms with Gasteiger partial charge in [0.05, 0.1) is 31.1 Å². The van der Waals surface area contributed by atoms with E-state index in [0.717, 1.165) is 18.7 Å². The maximum absolute atomic E-state index is 12.6. The Hall–Kier alpha value is -2.54. The van der Waals surface area contributed by atoms with Crippen molar-refractivity contribution in [2.24, 2.45) is 11.8 Å². The lowest BCUT2D eigenvalue weighted by Crippen LogP contribution is -2.36. The molecule has 7 heteroatoms. The van der Waals surface area contributed by atoms with Crippen molar-refractivity contribution in [3.05, 3.63) is 48.3 Å². The van der Waals surface area contributed by atoms with E-state index < -0.39 is 0 Å². The minimum atomic E-state index is -0.197. The number of hydrogen-bond acceptors (Lipinski definition) is 5. The largest absolute Gasteiger partial charge is 0.300 e. The Morgan fingerprint density at radius 2 is 1.71 bits per heavy atom. The molecule has 2 saturated heterocycles. The first-order chi connectivity index (χ1) is 11.7. The zero-order valence-electron chi connectivity index (χ0n) is 13.3. The number of nitrogens with zero attached hydrogens (tertiary/aromatic N) is 5. The minimum Gasteiger partial charge on any atom is -0.300 e. The summed E-state index contributed by atoms with van der Waals surface area (Å²) in [6, 6.07) is 9.66. The number of amides is 2. The van der Waals surface area contributed by atoms with Gasteiger partial charge in [-0.15, -0.1) is 5.10 Å². The van der Waals surface area contributed by atoms with E-state index >= 15 is 0 Å². The third-order valence-electron chi connectivity index (χ3n) is 4.86. The van der Waals surface area contributed by atoms with E-state index in [1.807, 2.05) is 36.5 Å². The predicted octanol–water partition coefficient (Wildman–Crippen LogP) is 0.395. The van der Waals surface area contributed by atoms with E-state index in [0.29, 0.717) is 19.6 Å². The zero-order chi connectivity index (χ0) is 16.5. The molecule has 124 valence electrons. The highest BCUT2D eigenvalue weighted by atomic mass is 16.2. The van der Waals surface area contributed by atoms with Crippen LogP contribution in [0.3, 0.4) is 0 Å². The van der Waals surface area contributed by atoms with Crippen LogP contribution in [0.15, 0.2) is 42.7 Å². The monoisotopic (exact) mass is 325 g/mol. The topological polar surface area (TPSA) is 71.3 Å². The standard InChI is InChI=1S/C17H19N5O2/c23-16-14-11-20(8-9-21-7-6-18-19-21)12-15(14)17(24)22(16)10-13-4-2-1-3-5-13/h1-7,14-15H,8-12H2. The fraction of sp³-hybridized carbons (Fsp3) is 0.412.